The zero-order chi connectivity index (χ0) is 8.57. The van der Waals surface area contributed by atoms with Crippen LogP contribution in [0.2, 0.25) is 0 Å². The van der Waals surface area contributed by atoms with E-state index in [0.717, 1.165) is 0 Å². The number of hydrogen-bond acceptors (Lipinski definition) is 3. The van der Waals surface area contributed by atoms with Gasteiger partial charge in [0.05, 0.1) is 12.8 Å². The standard InChI is InChI=1S/C4H6O4.O.Sn/c5-3(6)1-2-4(7)8;;/h1-2H2,(H,5,6)(H,7,8);;. The predicted molar refractivity (Wildman–Crippen MR) is 30.9 cm³/mol. The van der Waals surface area contributed by atoms with Gasteiger partial charge in [-0.25, -0.2) is 0 Å². The molecule has 2 radical (unpaired) electrons. The van der Waals surface area contributed by atoms with Crippen molar-refractivity contribution in [3.8, 4) is 0 Å². The SMILES string of the molecule is O=C(O)CCC(=O)O.[O]=[Sn]. The Bertz CT molecular complexity index is 109. The Morgan fingerprint density at radius 3 is 1.30 bits per heavy atom. The number of carboxylic acid groups (broad SMARTS) is 2. The Hall–Kier alpha value is -0.461. The van der Waals surface area contributed by atoms with Gasteiger partial charge in [-0.1, -0.05) is 0 Å². The number of hydrogen-bond donors (Lipinski definition) is 2. The molecule has 0 aliphatic heterocycles. The minimum absolute atomic E-state index is 0.296. The molecule has 6 heteroatoms. The van der Waals surface area contributed by atoms with Crippen molar-refractivity contribution < 1.29 is 22.9 Å². The maximum atomic E-state index is 9.64. The first-order chi connectivity index (χ1) is 4.63. The first-order valence-corrected chi connectivity index (χ1v) is 3.43. The zero-order valence-corrected chi connectivity index (χ0v) is 7.89. The summed E-state index contributed by atoms with van der Waals surface area (Å²) in [5.41, 5.74) is 0. The van der Waals surface area contributed by atoms with E-state index in [1.54, 1.807) is 0 Å². The van der Waals surface area contributed by atoms with E-state index in [0.29, 0.717) is 22.5 Å². The maximum absolute atomic E-state index is 9.64. The summed E-state index contributed by atoms with van der Waals surface area (Å²) in [6.45, 7) is 0. The molecule has 0 rings (SSSR count). The Morgan fingerprint density at radius 1 is 1.00 bits per heavy atom. The normalized spacial score (nSPS) is 7.20. The average Bonchev–Trinajstić information content (AvgIpc) is 1.89. The summed E-state index contributed by atoms with van der Waals surface area (Å²) in [7, 11) is 0. The van der Waals surface area contributed by atoms with Gasteiger partial charge in [-0.3, -0.25) is 9.59 Å². The van der Waals surface area contributed by atoms with Crippen LogP contribution in [-0.2, 0) is 12.7 Å². The molecule has 0 saturated carbocycles. The molecular formula is C4H6O5Sn. The summed E-state index contributed by atoms with van der Waals surface area (Å²) in [5.74, 6) is -2.15. The Kier molecular flexibility index (Phi) is 10.4. The van der Waals surface area contributed by atoms with Gasteiger partial charge in [0.25, 0.3) is 0 Å². The van der Waals surface area contributed by atoms with Gasteiger partial charge in [-0.05, 0) is 0 Å². The Balaban J connectivity index is 0. The topological polar surface area (TPSA) is 91.7 Å². The molecule has 0 unspecified atom stereocenters. The van der Waals surface area contributed by atoms with Crippen LogP contribution in [0.1, 0.15) is 12.8 Å². The molecule has 0 bridgehead atoms. The van der Waals surface area contributed by atoms with Crippen molar-refractivity contribution in [2.75, 3.05) is 0 Å². The molecule has 5 nitrogen and oxygen atoms in total. The molecule has 0 aromatic carbocycles. The van der Waals surface area contributed by atoms with Gasteiger partial charge >= 0.3 is 37.5 Å². The van der Waals surface area contributed by atoms with Gasteiger partial charge in [-0.15, -0.1) is 0 Å². The van der Waals surface area contributed by atoms with E-state index in [1.807, 2.05) is 0 Å². The van der Waals surface area contributed by atoms with Crippen LogP contribution in [0, 0.1) is 0 Å². The summed E-state index contributed by atoms with van der Waals surface area (Å²) >= 11 is 0.300. The summed E-state index contributed by atoms with van der Waals surface area (Å²) in [5, 5.41) is 15.8. The average molecular weight is 253 g/mol. The Labute approximate surface area is 70.5 Å². The van der Waals surface area contributed by atoms with Crippen LogP contribution < -0.4 is 0 Å². The van der Waals surface area contributed by atoms with E-state index >= 15 is 0 Å². The van der Waals surface area contributed by atoms with Crippen molar-refractivity contribution in [1.82, 2.24) is 0 Å². The fourth-order valence-electron chi connectivity index (χ4n) is 0.214. The zero-order valence-electron chi connectivity index (χ0n) is 5.03. The summed E-state index contributed by atoms with van der Waals surface area (Å²) in [4.78, 5) is 19.3. The van der Waals surface area contributed by atoms with Crippen molar-refractivity contribution >= 4 is 34.4 Å². The molecule has 0 aromatic heterocycles. The molecule has 10 heavy (non-hydrogen) atoms. The predicted octanol–water partition coefficient (Wildman–Crippen LogP) is -0.564. The van der Waals surface area contributed by atoms with E-state index in [-0.39, 0.29) is 12.8 Å². The van der Waals surface area contributed by atoms with Crippen molar-refractivity contribution in [1.29, 1.82) is 0 Å². The molecule has 0 amide bonds. The monoisotopic (exact) mass is 254 g/mol. The first-order valence-electron chi connectivity index (χ1n) is 2.27. The van der Waals surface area contributed by atoms with Crippen LogP contribution in [0.15, 0.2) is 0 Å². The van der Waals surface area contributed by atoms with E-state index < -0.39 is 11.9 Å². The van der Waals surface area contributed by atoms with Crippen LogP contribution >= 0.6 is 0 Å². The van der Waals surface area contributed by atoms with E-state index in [2.05, 4.69) is 0 Å². The van der Waals surface area contributed by atoms with Gasteiger partial charge in [0.1, 0.15) is 0 Å². The first kappa shape index (κ1) is 12.2. The molecule has 0 saturated heterocycles. The molecule has 0 fully saturated rings. The third-order valence-electron chi connectivity index (χ3n) is 0.553. The van der Waals surface area contributed by atoms with Crippen molar-refractivity contribution in [2.24, 2.45) is 0 Å². The number of carbonyl (C=O) groups is 2. The van der Waals surface area contributed by atoms with E-state index in [4.69, 9.17) is 13.3 Å². The summed E-state index contributed by atoms with van der Waals surface area (Å²) in [6, 6.07) is 0. The van der Waals surface area contributed by atoms with Gasteiger partial charge in [0.2, 0.25) is 0 Å². The third kappa shape index (κ3) is 15.6. The van der Waals surface area contributed by atoms with Crippen LogP contribution in [-0.4, -0.2) is 44.7 Å². The van der Waals surface area contributed by atoms with Crippen molar-refractivity contribution in [2.45, 2.75) is 12.8 Å². The molecule has 0 heterocycles. The molecule has 0 spiro atoms. The fourth-order valence-corrected chi connectivity index (χ4v) is 0.214. The fraction of sp³-hybridized carbons (Fsp3) is 0.500. The molecule has 0 atom stereocenters. The molecule has 0 aliphatic rings. The number of carboxylic acids is 2. The quantitative estimate of drug-likeness (QED) is 0.657. The summed E-state index contributed by atoms with van der Waals surface area (Å²) < 4.78 is 8.34. The molecule has 0 aliphatic carbocycles. The van der Waals surface area contributed by atoms with Crippen molar-refractivity contribution in [3.63, 3.8) is 0 Å². The van der Waals surface area contributed by atoms with Crippen LogP contribution in [0.3, 0.4) is 0 Å². The molecule has 56 valence electrons. The second-order valence-electron chi connectivity index (χ2n) is 1.29. The van der Waals surface area contributed by atoms with Crippen LogP contribution in [0.25, 0.3) is 0 Å². The third-order valence-corrected chi connectivity index (χ3v) is 0.553. The molecule has 0 aromatic rings. The Morgan fingerprint density at radius 2 is 1.20 bits per heavy atom. The van der Waals surface area contributed by atoms with Gasteiger partial charge in [0.15, 0.2) is 0 Å². The van der Waals surface area contributed by atoms with Crippen molar-refractivity contribution in [3.05, 3.63) is 0 Å². The van der Waals surface area contributed by atoms with E-state index in [1.165, 1.54) is 0 Å². The number of aliphatic carboxylic acids is 2. The second-order valence-corrected chi connectivity index (χ2v) is 1.29. The van der Waals surface area contributed by atoms with Crippen LogP contribution in [0.5, 0.6) is 0 Å². The molecular weight excluding hydrogens is 247 g/mol. The minimum atomic E-state index is -1.08. The summed E-state index contributed by atoms with van der Waals surface area (Å²) in [6.07, 6.45) is -0.593. The molecule has 2 N–H and O–H groups in total. The van der Waals surface area contributed by atoms with Gasteiger partial charge < -0.3 is 10.2 Å². The van der Waals surface area contributed by atoms with Crippen LogP contribution in [0.4, 0.5) is 0 Å². The van der Waals surface area contributed by atoms with E-state index in [9.17, 15) is 9.59 Å². The van der Waals surface area contributed by atoms with Gasteiger partial charge in [0, 0.05) is 0 Å². The second kappa shape index (κ2) is 8.54. The van der Waals surface area contributed by atoms with Gasteiger partial charge in [-0.2, -0.15) is 0 Å². The number of rotatable bonds is 3.